The van der Waals surface area contributed by atoms with Crippen molar-refractivity contribution in [1.82, 2.24) is 30.0 Å². The Morgan fingerprint density at radius 2 is 0.630 bits per heavy atom. The zero-order valence-electron chi connectivity index (χ0n) is 30.2. The molecule has 0 unspecified atom stereocenters. The second kappa shape index (κ2) is 20.7. The molecule has 0 amide bonds. The predicted octanol–water partition coefficient (Wildman–Crippen LogP) is 12.3. The van der Waals surface area contributed by atoms with E-state index < -0.39 is 0 Å². The van der Waals surface area contributed by atoms with E-state index in [1.165, 1.54) is 152 Å². The SMILES string of the molecule is CCCCCCCCCCCCCCn1nc2c(C)cc3c(cc(C)c4nn(CCCCCCCCCCCCCC)nc43)c2n1. The maximum atomic E-state index is 5.01. The number of aromatic nitrogens is 6. The van der Waals surface area contributed by atoms with Crippen LogP contribution in [0.2, 0.25) is 0 Å². The zero-order chi connectivity index (χ0) is 32.4. The molecule has 0 aliphatic rings. The molecule has 4 rings (SSSR count). The molecule has 0 spiro atoms. The lowest BCUT2D eigenvalue weighted by Crippen LogP contribution is -2.02. The van der Waals surface area contributed by atoms with E-state index in [2.05, 4.69) is 39.8 Å². The fourth-order valence-electron chi connectivity index (χ4n) is 7.10. The quantitative estimate of drug-likeness (QED) is 0.0648. The lowest BCUT2D eigenvalue weighted by molar-refractivity contribution is 0.483. The van der Waals surface area contributed by atoms with Gasteiger partial charge < -0.3 is 0 Å². The van der Waals surface area contributed by atoms with Crippen LogP contribution in [0.1, 0.15) is 179 Å². The average Bonchev–Trinajstić information content (AvgIpc) is 3.69. The molecule has 6 nitrogen and oxygen atoms in total. The van der Waals surface area contributed by atoms with Crippen LogP contribution in [0.15, 0.2) is 12.1 Å². The molecule has 0 fully saturated rings. The second-order valence-electron chi connectivity index (χ2n) is 14.2. The van der Waals surface area contributed by atoms with Gasteiger partial charge in [-0.25, -0.2) is 0 Å². The molecule has 0 saturated carbocycles. The Balaban J connectivity index is 1.22. The Bertz CT molecular complexity index is 1310. The summed E-state index contributed by atoms with van der Waals surface area (Å²) in [6, 6.07) is 4.51. The third-order valence-corrected chi connectivity index (χ3v) is 10.0. The molecule has 0 aliphatic heterocycles. The minimum absolute atomic E-state index is 0.892. The van der Waals surface area contributed by atoms with Crippen molar-refractivity contribution in [1.29, 1.82) is 0 Å². The van der Waals surface area contributed by atoms with E-state index in [0.29, 0.717) is 0 Å². The van der Waals surface area contributed by atoms with Gasteiger partial charge in [0.25, 0.3) is 0 Å². The van der Waals surface area contributed by atoms with Crippen LogP contribution in [0.25, 0.3) is 32.8 Å². The highest BCUT2D eigenvalue weighted by atomic mass is 15.5. The van der Waals surface area contributed by atoms with Gasteiger partial charge in [0.2, 0.25) is 0 Å². The van der Waals surface area contributed by atoms with E-state index in [4.69, 9.17) is 20.4 Å². The molecular formula is C40H66N6. The molecular weight excluding hydrogens is 564 g/mol. The summed E-state index contributed by atoms with van der Waals surface area (Å²) >= 11 is 0. The van der Waals surface area contributed by atoms with Crippen LogP contribution in [-0.2, 0) is 13.1 Å². The topological polar surface area (TPSA) is 61.4 Å². The molecule has 0 bridgehead atoms. The highest BCUT2D eigenvalue weighted by Crippen LogP contribution is 2.32. The van der Waals surface area contributed by atoms with Gasteiger partial charge in [0, 0.05) is 10.8 Å². The average molecular weight is 631 g/mol. The molecule has 6 heteroatoms. The number of nitrogens with zero attached hydrogens (tertiary/aromatic N) is 6. The van der Waals surface area contributed by atoms with Crippen LogP contribution < -0.4 is 0 Å². The van der Waals surface area contributed by atoms with E-state index >= 15 is 0 Å². The van der Waals surface area contributed by atoms with Gasteiger partial charge in [-0.2, -0.15) is 30.0 Å². The van der Waals surface area contributed by atoms with Crippen LogP contribution in [0.4, 0.5) is 0 Å². The van der Waals surface area contributed by atoms with Crippen molar-refractivity contribution < 1.29 is 0 Å². The first-order chi connectivity index (χ1) is 22.6. The normalized spacial score (nSPS) is 12.0. The maximum Gasteiger partial charge on any atom is 0.121 e. The number of hydrogen-bond donors (Lipinski definition) is 0. The molecule has 4 aromatic rings. The first-order valence-electron chi connectivity index (χ1n) is 19.6. The summed E-state index contributed by atoms with van der Waals surface area (Å²) in [6.45, 7) is 10.7. The van der Waals surface area contributed by atoms with Crippen molar-refractivity contribution in [2.75, 3.05) is 0 Å². The summed E-state index contributed by atoms with van der Waals surface area (Å²) < 4.78 is 0. The highest BCUT2D eigenvalue weighted by Gasteiger charge is 2.17. The number of aryl methyl sites for hydroxylation is 4. The van der Waals surface area contributed by atoms with Crippen LogP contribution in [-0.4, -0.2) is 30.0 Å². The predicted molar refractivity (Wildman–Crippen MR) is 198 cm³/mol. The van der Waals surface area contributed by atoms with Crippen molar-refractivity contribution in [2.24, 2.45) is 0 Å². The number of rotatable bonds is 26. The van der Waals surface area contributed by atoms with Gasteiger partial charge >= 0.3 is 0 Å². The van der Waals surface area contributed by atoms with Gasteiger partial charge in [0.1, 0.15) is 22.1 Å². The van der Waals surface area contributed by atoms with E-state index in [-0.39, 0.29) is 0 Å². The Labute approximate surface area is 280 Å². The lowest BCUT2D eigenvalue weighted by atomic mass is 10.0. The first-order valence-corrected chi connectivity index (χ1v) is 19.6. The fraction of sp³-hybridized carbons (Fsp3) is 0.750. The van der Waals surface area contributed by atoms with E-state index in [0.717, 1.165) is 58.8 Å². The number of fused-ring (bicyclic) bond motifs is 5. The largest absolute Gasteiger partial charge is 0.184 e. The molecule has 2 aromatic carbocycles. The summed E-state index contributed by atoms with van der Waals surface area (Å²) in [7, 11) is 0. The van der Waals surface area contributed by atoms with Crippen molar-refractivity contribution in [3.8, 4) is 0 Å². The second-order valence-corrected chi connectivity index (χ2v) is 14.2. The number of hydrogen-bond acceptors (Lipinski definition) is 4. The van der Waals surface area contributed by atoms with E-state index in [1.54, 1.807) is 0 Å². The van der Waals surface area contributed by atoms with Crippen LogP contribution in [0, 0.1) is 13.8 Å². The molecule has 2 aromatic heterocycles. The van der Waals surface area contributed by atoms with Crippen LogP contribution in [0.5, 0.6) is 0 Å². The summed E-state index contributed by atoms with van der Waals surface area (Å²) in [5, 5.41) is 22.2. The summed E-state index contributed by atoms with van der Waals surface area (Å²) in [5.74, 6) is 0. The Kier molecular flexibility index (Phi) is 16.3. The Morgan fingerprint density at radius 1 is 0.370 bits per heavy atom. The maximum absolute atomic E-state index is 5.01. The van der Waals surface area contributed by atoms with Crippen molar-refractivity contribution in [3.05, 3.63) is 23.3 Å². The minimum Gasteiger partial charge on any atom is -0.184 e. The molecule has 0 aliphatic carbocycles. The van der Waals surface area contributed by atoms with Crippen molar-refractivity contribution in [3.63, 3.8) is 0 Å². The van der Waals surface area contributed by atoms with E-state index in [9.17, 15) is 0 Å². The molecule has 46 heavy (non-hydrogen) atoms. The standard InChI is InChI=1S/C40H66N6/c1-5-7-9-11-13-15-17-19-21-23-25-27-29-45-41-37-33(3)31-36-35(39(37)43-45)32-34(4)38-40(36)44-46(42-38)30-28-26-24-22-20-18-16-14-12-10-8-6-2/h31-32H,5-30H2,1-4H3. The van der Waals surface area contributed by atoms with Gasteiger partial charge in [-0.15, -0.1) is 0 Å². The third-order valence-electron chi connectivity index (χ3n) is 10.0. The fourth-order valence-corrected chi connectivity index (χ4v) is 7.10. The van der Waals surface area contributed by atoms with Crippen molar-refractivity contribution in [2.45, 2.75) is 195 Å². The highest BCUT2D eigenvalue weighted by molar-refractivity contribution is 6.15. The summed E-state index contributed by atoms with van der Waals surface area (Å²) in [5.41, 5.74) is 6.40. The van der Waals surface area contributed by atoms with Crippen LogP contribution in [0.3, 0.4) is 0 Å². The summed E-state index contributed by atoms with van der Waals surface area (Å²) in [6.07, 6.45) is 32.7. The Morgan fingerprint density at radius 3 is 0.935 bits per heavy atom. The smallest absolute Gasteiger partial charge is 0.121 e. The van der Waals surface area contributed by atoms with Gasteiger partial charge in [-0.3, -0.25) is 0 Å². The lowest BCUT2D eigenvalue weighted by Gasteiger charge is -2.03. The third kappa shape index (κ3) is 11.3. The van der Waals surface area contributed by atoms with Gasteiger partial charge in [0.15, 0.2) is 0 Å². The number of benzene rings is 2. The number of unbranched alkanes of at least 4 members (excludes halogenated alkanes) is 22. The zero-order valence-corrected chi connectivity index (χ0v) is 30.2. The minimum atomic E-state index is 0.892. The van der Waals surface area contributed by atoms with Crippen LogP contribution >= 0.6 is 0 Å². The molecule has 0 saturated heterocycles. The molecule has 0 atom stereocenters. The summed E-state index contributed by atoms with van der Waals surface area (Å²) in [4.78, 5) is 3.88. The molecule has 0 radical (unpaired) electrons. The van der Waals surface area contributed by atoms with Crippen molar-refractivity contribution >= 4 is 32.8 Å². The molecule has 256 valence electrons. The van der Waals surface area contributed by atoms with Gasteiger partial charge in [-0.1, -0.05) is 155 Å². The monoisotopic (exact) mass is 631 g/mol. The molecule has 0 N–H and O–H groups in total. The first kappa shape index (κ1) is 36.3. The van der Waals surface area contributed by atoms with Gasteiger partial charge in [0.05, 0.1) is 13.1 Å². The van der Waals surface area contributed by atoms with Gasteiger partial charge in [-0.05, 0) is 49.9 Å². The molecule has 2 heterocycles. The Hall–Kier alpha value is -2.50. The van der Waals surface area contributed by atoms with E-state index in [1.807, 2.05) is 9.59 Å².